The van der Waals surface area contributed by atoms with E-state index in [1.807, 2.05) is 30.7 Å². The summed E-state index contributed by atoms with van der Waals surface area (Å²) in [5, 5.41) is 4.86. The summed E-state index contributed by atoms with van der Waals surface area (Å²) in [4.78, 5) is 24.0. The first kappa shape index (κ1) is 26.5. The molecule has 0 radical (unpaired) electrons. The minimum absolute atomic E-state index is 0.544. The number of fused-ring (bicyclic) bond motifs is 1. The zero-order valence-electron chi connectivity index (χ0n) is 22.9. The third kappa shape index (κ3) is 6.32. The lowest BCUT2D eigenvalue weighted by Crippen LogP contribution is -2.47. The molecule has 1 fully saturated rings. The van der Waals surface area contributed by atoms with Crippen LogP contribution < -0.4 is 4.90 Å². The summed E-state index contributed by atoms with van der Waals surface area (Å²) in [6, 6.07) is 19.3. The van der Waals surface area contributed by atoms with Crippen molar-refractivity contribution in [2.75, 3.05) is 44.2 Å². The van der Waals surface area contributed by atoms with Crippen LogP contribution in [-0.4, -0.2) is 66.8 Å². The maximum Gasteiger partial charge on any atom is 0.251 e. The first-order chi connectivity index (χ1) is 19.2. The van der Waals surface area contributed by atoms with Gasteiger partial charge in [0, 0.05) is 74.7 Å². The number of aryl methyl sites for hydroxylation is 2. The molecule has 0 amide bonds. The topological polar surface area (TPSA) is 66.2 Å². The van der Waals surface area contributed by atoms with Crippen molar-refractivity contribution in [2.24, 2.45) is 10.1 Å². The van der Waals surface area contributed by atoms with Crippen LogP contribution in [0.4, 0.5) is 5.69 Å². The molecule has 2 aromatic carbocycles. The van der Waals surface area contributed by atoms with E-state index in [1.165, 1.54) is 22.2 Å². The van der Waals surface area contributed by atoms with Crippen molar-refractivity contribution in [1.29, 1.82) is 0 Å². The van der Waals surface area contributed by atoms with E-state index in [1.54, 1.807) is 0 Å². The van der Waals surface area contributed by atoms with Crippen molar-refractivity contribution < 1.29 is 4.84 Å². The van der Waals surface area contributed by atoms with Gasteiger partial charge in [0.1, 0.15) is 0 Å². The molecular weight excluding hydrogens is 484 g/mol. The standard InChI is InChI=1S/C32H36N6O/c1-4-24-20-25(5-2)22-28(21-24)32(39-33-3)36-14-15-37-16-18-38(19-17-37)31-10-13-35-30-23-27(6-7-29(30)31)26-8-11-34-12-9-26/h6-13,20-23H,3-5,14-19H2,1-2H3. The molecule has 2 aromatic heterocycles. The maximum absolute atomic E-state index is 5.50. The van der Waals surface area contributed by atoms with Gasteiger partial charge in [0.15, 0.2) is 0 Å². The number of aliphatic imine (C=N–C) groups is 1. The van der Waals surface area contributed by atoms with Crippen molar-refractivity contribution in [3.63, 3.8) is 0 Å². The molecule has 7 heteroatoms. The normalized spacial score (nSPS) is 14.5. The number of nitrogens with zero attached hydrogens (tertiary/aromatic N) is 6. The second-order valence-corrected chi connectivity index (χ2v) is 9.78. The summed E-state index contributed by atoms with van der Waals surface area (Å²) in [7, 11) is 0. The summed E-state index contributed by atoms with van der Waals surface area (Å²) in [6.07, 6.45) is 7.51. The number of hydrogen-bond donors (Lipinski definition) is 0. The molecule has 0 atom stereocenters. The summed E-state index contributed by atoms with van der Waals surface area (Å²) < 4.78 is 0. The number of rotatable bonds is 9. The van der Waals surface area contributed by atoms with E-state index in [9.17, 15) is 0 Å². The zero-order valence-corrected chi connectivity index (χ0v) is 22.9. The Hall–Kier alpha value is -4.10. The Kier molecular flexibility index (Phi) is 8.58. The van der Waals surface area contributed by atoms with Gasteiger partial charge in [-0.2, -0.15) is 0 Å². The molecule has 1 aliphatic rings. The number of anilines is 1. The van der Waals surface area contributed by atoms with Crippen molar-refractivity contribution >= 4 is 29.2 Å². The fourth-order valence-electron chi connectivity index (χ4n) is 5.17. The van der Waals surface area contributed by atoms with Gasteiger partial charge in [-0.15, -0.1) is 0 Å². The molecule has 0 saturated carbocycles. The number of benzene rings is 2. The summed E-state index contributed by atoms with van der Waals surface area (Å²) in [5.74, 6) is 0.544. The lowest BCUT2D eigenvalue weighted by molar-refractivity contribution is 0.263. The van der Waals surface area contributed by atoms with Gasteiger partial charge in [-0.25, -0.2) is 4.99 Å². The van der Waals surface area contributed by atoms with Crippen molar-refractivity contribution in [3.8, 4) is 11.1 Å². The SMILES string of the molecule is C=NOC(=NCCN1CCN(c2ccnc3cc(-c4ccncc4)ccc23)CC1)c1cc(CC)cc(CC)c1. The lowest BCUT2D eigenvalue weighted by atomic mass is 10.0. The molecule has 200 valence electrons. The van der Waals surface area contributed by atoms with E-state index in [0.29, 0.717) is 12.4 Å². The highest BCUT2D eigenvalue weighted by Gasteiger charge is 2.19. The van der Waals surface area contributed by atoms with Gasteiger partial charge in [0.2, 0.25) is 0 Å². The molecular formula is C32H36N6O. The van der Waals surface area contributed by atoms with Gasteiger partial charge in [0.25, 0.3) is 5.90 Å². The molecule has 3 heterocycles. The van der Waals surface area contributed by atoms with Crippen LogP contribution in [0.25, 0.3) is 22.0 Å². The van der Waals surface area contributed by atoms with E-state index >= 15 is 0 Å². The summed E-state index contributed by atoms with van der Waals surface area (Å²) >= 11 is 0. The minimum Gasteiger partial charge on any atom is -0.368 e. The van der Waals surface area contributed by atoms with Gasteiger partial charge in [-0.3, -0.25) is 14.9 Å². The molecule has 4 aromatic rings. The first-order valence-corrected chi connectivity index (χ1v) is 13.8. The quantitative estimate of drug-likeness (QED) is 0.163. The Morgan fingerprint density at radius 3 is 2.31 bits per heavy atom. The van der Waals surface area contributed by atoms with Gasteiger partial charge >= 0.3 is 0 Å². The number of piperazine rings is 1. The smallest absolute Gasteiger partial charge is 0.251 e. The van der Waals surface area contributed by atoms with Crippen LogP contribution in [0.2, 0.25) is 0 Å². The Bertz CT molecular complexity index is 1420. The minimum atomic E-state index is 0.544. The van der Waals surface area contributed by atoms with Crippen LogP contribution >= 0.6 is 0 Å². The van der Waals surface area contributed by atoms with Crippen LogP contribution in [-0.2, 0) is 17.7 Å². The predicted molar refractivity (Wildman–Crippen MR) is 161 cm³/mol. The van der Waals surface area contributed by atoms with Gasteiger partial charge < -0.3 is 9.74 Å². The van der Waals surface area contributed by atoms with Crippen molar-refractivity contribution in [2.45, 2.75) is 26.7 Å². The van der Waals surface area contributed by atoms with Crippen LogP contribution in [0.5, 0.6) is 0 Å². The molecule has 0 aliphatic carbocycles. The number of oxime groups is 1. The molecule has 1 aliphatic heterocycles. The Labute approximate surface area is 230 Å². The van der Waals surface area contributed by atoms with Crippen LogP contribution in [0.1, 0.15) is 30.5 Å². The molecule has 7 nitrogen and oxygen atoms in total. The highest BCUT2D eigenvalue weighted by Crippen LogP contribution is 2.30. The molecule has 1 saturated heterocycles. The fraction of sp³-hybridized carbons (Fsp3) is 0.312. The highest BCUT2D eigenvalue weighted by atomic mass is 16.6. The predicted octanol–water partition coefficient (Wildman–Crippen LogP) is 5.62. The number of pyridine rings is 2. The number of hydrogen-bond acceptors (Lipinski definition) is 7. The Balaban J connectivity index is 1.22. The monoisotopic (exact) mass is 520 g/mol. The fourth-order valence-corrected chi connectivity index (χ4v) is 5.17. The van der Waals surface area contributed by atoms with Gasteiger partial charge in [-0.05, 0) is 71.5 Å². The molecule has 0 N–H and O–H groups in total. The number of aromatic nitrogens is 2. The third-order valence-corrected chi connectivity index (χ3v) is 7.39. The highest BCUT2D eigenvalue weighted by molar-refractivity contribution is 5.95. The molecule has 0 unspecified atom stereocenters. The van der Waals surface area contributed by atoms with E-state index < -0.39 is 0 Å². The van der Waals surface area contributed by atoms with E-state index in [2.05, 4.69) is 88.0 Å². The second-order valence-electron chi connectivity index (χ2n) is 9.78. The van der Waals surface area contributed by atoms with Crippen LogP contribution in [0.3, 0.4) is 0 Å². The average Bonchev–Trinajstić information content (AvgIpc) is 3.00. The maximum atomic E-state index is 5.50. The summed E-state index contributed by atoms with van der Waals surface area (Å²) in [6.45, 7) is 13.3. The third-order valence-electron chi connectivity index (χ3n) is 7.39. The van der Waals surface area contributed by atoms with E-state index in [4.69, 9.17) is 9.83 Å². The largest absolute Gasteiger partial charge is 0.368 e. The van der Waals surface area contributed by atoms with Gasteiger partial charge in [0.05, 0.1) is 12.1 Å². The Morgan fingerprint density at radius 2 is 1.62 bits per heavy atom. The summed E-state index contributed by atoms with van der Waals surface area (Å²) in [5.41, 5.74) is 8.09. The molecule has 39 heavy (non-hydrogen) atoms. The average molecular weight is 521 g/mol. The van der Waals surface area contributed by atoms with E-state index in [0.717, 1.165) is 67.8 Å². The molecule has 5 rings (SSSR count). The molecule has 0 bridgehead atoms. The van der Waals surface area contributed by atoms with Gasteiger partial charge in [-0.1, -0.05) is 37.2 Å². The molecule has 0 spiro atoms. The van der Waals surface area contributed by atoms with Crippen LogP contribution in [0.15, 0.2) is 83.3 Å². The zero-order chi connectivity index (χ0) is 27.0. The van der Waals surface area contributed by atoms with Crippen molar-refractivity contribution in [3.05, 3.63) is 89.9 Å². The van der Waals surface area contributed by atoms with E-state index in [-0.39, 0.29) is 0 Å². The second kappa shape index (κ2) is 12.6. The Morgan fingerprint density at radius 1 is 0.872 bits per heavy atom. The lowest BCUT2D eigenvalue weighted by Gasteiger charge is -2.36. The van der Waals surface area contributed by atoms with Crippen LogP contribution in [0, 0.1) is 0 Å². The van der Waals surface area contributed by atoms with Crippen molar-refractivity contribution in [1.82, 2.24) is 14.9 Å². The first-order valence-electron chi connectivity index (χ1n) is 13.8.